The number of aliphatic carboxylic acids is 1. The number of aliphatic hydroxyl groups excluding tert-OH is 1. The molecule has 4 aromatic rings. The van der Waals surface area contributed by atoms with Crippen LogP contribution in [-0.4, -0.2) is 77.9 Å². The number of ether oxygens (including phenoxy) is 2. The Morgan fingerprint density at radius 1 is 1.26 bits per heavy atom. The van der Waals surface area contributed by atoms with Gasteiger partial charge >= 0.3 is 13.7 Å². The predicted octanol–water partition coefficient (Wildman–Crippen LogP) is 2.84. The van der Waals surface area contributed by atoms with Gasteiger partial charge in [0.25, 0.3) is 0 Å². The van der Waals surface area contributed by atoms with Crippen molar-refractivity contribution >= 4 is 64.2 Å². The van der Waals surface area contributed by atoms with Gasteiger partial charge in [-0.1, -0.05) is 36.4 Å². The van der Waals surface area contributed by atoms with E-state index < -0.39 is 50.4 Å². The molecule has 0 saturated carbocycles. The number of imidazole rings is 1. The van der Waals surface area contributed by atoms with Crippen LogP contribution in [0.15, 0.2) is 42.5 Å². The first-order chi connectivity index (χ1) is 20.3. The fraction of sp³-hybridized carbons (Fsp3) is 0.385. The van der Waals surface area contributed by atoms with E-state index in [0.717, 1.165) is 5.39 Å². The van der Waals surface area contributed by atoms with Gasteiger partial charge in [-0.15, -0.1) is 0 Å². The summed E-state index contributed by atoms with van der Waals surface area (Å²) < 4.78 is 38.8. The Morgan fingerprint density at radius 3 is 2.70 bits per heavy atom. The molecule has 2 aromatic heterocycles. The van der Waals surface area contributed by atoms with Crippen LogP contribution < -0.4 is 20.1 Å². The Labute approximate surface area is 259 Å². The molecule has 1 aliphatic heterocycles. The zero-order valence-electron chi connectivity index (χ0n) is 23.2. The van der Waals surface area contributed by atoms with Crippen LogP contribution in [0.2, 0.25) is 0 Å². The number of nitrogens with two attached hydrogens (primary N) is 1. The van der Waals surface area contributed by atoms with Gasteiger partial charge < -0.3 is 35.1 Å². The second-order valence-electron chi connectivity index (χ2n) is 9.99. The van der Waals surface area contributed by atoms with Crippen LogP contribution >= 0.6 is 30.3 Å². The number of nitrogens with one attached hydrogen (secondary N) is 1. The lowest BCUT2D eigenvalue weighted by Gasteiger charge is -2.28. The average molecular weight is 728 g/mol. The number of aliphatic hydroxyl groups is 2. The lowest BCUT2D eigenvalue weighted by Crippen LogP contribution is -2.44. The summed E-state index contributed by atoms with van der Waals surface area (Å²) in [7, 11) is -4.40. The van der Waals surface area contributed by atoms with Crippen molar-refractivity contribution in [1.82, 2.24) is 24.6 Å². The molecule has 6 N–H and O–H groups in total. The van der Waals surface area contributed by atoms with Gasteiger partial charge in [0.15, 0.2) is 21.2 Å². The summed E-state index contributed by atoms with van der Waals surface area (Å²) in [6, 6.07) is 11.0. The van der Waals surface area contributed by atoms with Crippen molar-refractivity contribution in [2.45, 2.75) is 50.8 Å². The van der Waals surface area contributed by atoms with Gasteiger partial charge in [-0.05, 0) is 32.2 Å². The Bertz CT molecular complexity index is 1710. The van der Waals surface area contributed by atoms with E-state index in [0.29, 0.717) is 15.8 Å². The molecule has 2 aromatic carbocycles. The number of carboxylic acids is 1. The molecule has 43 heavy (non-hydrogen) atoms. The normalized spacial score (nSPS) is 24.2. The minimum Gasteiger partial charge on any atom is -0.480 e. The third kappa shape index (κ3) is 6.13. The molecule has 230 valence electrons. The van der Waals surface area contributed by atoms with Crippen molar-refractivity contribution in [3.05, 3.63) is 46.3 Å². The summed E-state index contributed by atoms with van der Waals surface area (Å²) >= 11 is 1.92. The Morgan fingerprint density at radius 2 is 1.98 bits per heavy atom. The number of rotatable bonds is 11. The molecule has 0 spiro atoms. The number of fused-ring (bicyclic) bond motifs is 2. The minimum atomic E-state index is -4.40. The highest BCUT2D eigenvalue weighted by atomic mass is 127. The standard InChI is InChI=1S/C26H30IN6O9P/c1-4-39-21-18-20(30-25(28)31-21)33(24(27)29-18)23-26(3,37)19(34)17(41-23)12-40-43(38,32-13(2)22(35)36)42-16-11-7-9-14-8-5-6-10-15(14)16/h5-11,13,17,19,23,34,37H,4,12H2,1-3H3,(H,32,38)(H,35,36)(H2,28,30,31)/t13?,17-,19-,23?,26-,43?/m1/s1. The van der Waals surface area contributed by atoms with Crippen LogP contribution in [0, 0.1) is 3.83 Å². The van der Waals surface area contributed by atoms with Crippen LogP contribution in [0.4, 0.5) is 5.95 Å². The number of anilines is 1. The summed E-state index contributed by atoms with van der Waals surface area (Å²) in [5.74, 6) is -1.06. The van der Waals surface area contributed by atoms with Gasteiger partial charge in [0.2, 0.25) is 11.8 Å². The van der Waals surface area contributed by atoms with Crippen molar-refractivity contribution in [1.29, 1.82) is 0 Å². The molecule has 3 unspecified atom stereocenters. The average Bonchev–Trinajstić information content (AvgIpc) is 3.39. The first kappa shape index (κ1) is 31.3. The van der Waals surface area contributed by atoms with Crippen LogP contribution in [0.3, 0.4) is 0 Å². The van der Waals surface area contributed by atoms with E-state index >= 15 is 0 Å². The van der Waals surface area contributed by atoms with Gasteiger partial charge in [-0.2, -0.15) is 15.1 Å². The van der Waals surface area contributed by atoms with E-state index in [2.05, 4.69) is 20.0 Å². The molecule has 17 heteroatoms. The fourth-order valence-corrected chi connectivity index (χ4v) is 6.94. The molecule has 5 rings (SSSR count). The van der Waals surface area contributed by atoms with Gasteiger partial charge in [-0.25, -0.2) is 9.55 Å². The zero-order valence-corrected chi connectivity index (χ0v) is 26.3. The number of aromatic nitrogens is 4. The minimum absolute atomic E-state index is 0.100. The summed E-state index contributed by atoms with van der Waals surface area (Å²) in [6.45, 7) is 4.14. The van der Waals surface area contributed by atoms with Crippen molar-refractivity contribution in [3.63, 3.8) is 0 Å². The quantitative estimate of drug-likeness (QED) is 0.0854. The summed E-state index contributed by atoms with van der Waals surface area (Å²) in [5, 5.41) is 35.8. The summed E-state index contributed by atoms with van der Waals surface area (Å²) in [5.41, 5.74) is 4.44. The molecule has 1 saturated heterocycles. The first-order valence-electron chi connectivity index (χ1n) is 13.2. The maximum absolute atomic E-state index is 14.0. The number of nitrogen functional groups attached to an aromatic ring is 1. The van der Waals surface area contributed by atoms with Crippen molar-refractivity contribution in [2.75, 3.05) is 18.9 Å². The SMILES string of the molecule is CCOc1nc(N)nc2c1nc(I)n2C1O[C@H](COP(=O)(NC(C)C(=O)O)Oc2cccc3ccccc23)[C@@H](O)[C@@]1(C)O. The largest absolute Gasteiger partial charge is 0.480 e. The lowest BCUT2D eigenvalue weighted by molar-refractivity contribution is -0.138. The predicted molar refractivity (Wildman–Crippen MR) is 163 cm³/mol. The summed E-state index contributed by atoms with van der Waals surface area (Å²) in [6.07, 6.45) is -4.05. The first-order valence-corrected chi connectivity index (χ1v) is 15.8. The molecule has 15 nitrogen and oxygen atoms in total. The van der Waals surface area contributed by atoms with Gasteiger partial charge in [0, 0.05) is 28.0 Å². The lowest BCUT2D eigenvalue weighted by atomic mass is 9.96. The number of hydrogen-bond donors (Lipinski definition) is 5. The van der Waals surface area contributed by atoms with Gasteiger partial charge in [0.05, 0.1) is 13.2 Å². The number of benzene rings is 2. The number of carboxylic acid groups (broad SMARTS) is 1. The van der Waals surface area contributed by atoms with Crippen LogP contribution in [0.5, 0.6) is 11.6 Å². The maximum Gasteiger partial charge on any atom is 0.459 e. The third-order valence-electron chi connectivity index (χ3n) is 6.85. The van der Waals surface area contributed by atoms with Crippen molar-refractivity contribution in [3.8, 4) is 11.6 Å². The second kappa shape index (κ2) is 12.1. The molecular formula is C26H30IN6O9P. The smallest absolute Gasteiger partial charge is 0.459 e. The molecule has 0 bridgehead atoms. The van der Waals surface area contributed by atoms with Crippen molar-refractivity contribution in [2.24, 2.45) is 0 Å². The van der Waals surface area contributed by atoms with Gasteiger partial charge in [0.1, 0.15) is 29.6 Å². The number of hydrogen-bond acceptors (Lipinski definition) is 12. The maximum atomic E-state index is 14.0. The number of halogens is 1. The van der Waals surface area contributed by atoms with E-state index in [4.69, 9.17) is 24.3 Å². The molecule has 0 amide bonds. The van der Waals surface area contributed by atoms with E-state index in [9.17, 15) is 24.7 Å². The monoisotopic (exact) mass is 728 g/mol. The second-order valence-corrected chi connectivity index (χ2v) is 12.7. The van der Waals surface area contributed by atoms with Crippen LogP contribution in [0.1, 0.15) is 27.0 Å². The van der Waals surface area contributed by atoms with Crippen molar-refractivity contribution < 1.29 is 43.2 Å². The summed E-state index contributed by atoms with van der Waals surface area (Å²) in [4.78, 5) is 24.4. The van der Waals surface area contributed by atoms with E-state index in [1.807, 2.05) is 40.8 Å². The molecule has 6 atom stereocenters. The Hall–Kier alpha value is -3.12. The topological polar surface area (TPSA) is 213 Å². The number of nitrogens with zero attached hydrogens (tertiary/aromatic N) is 4. The highest BCUT2D eigenvalue weighted by Gasteiger charge is 2.55. The highest BCUT2D eigenvalue weighted by Crippen LogP contribution is 2.48. The highest BCUT2D eigenvalue weighted by molar-refractivity contribution is 14.1. The molecule has 1 aliphatic rings. The van der Waals surface area contributed by atoms with Gasteiger partial charge in [-0.3, -0.25) is 13.9 Å². The molecule has 1 fully saturated rings. The Kier molecular flexibility index (Phi) is 8.82. The molecule has 0 aliphatic carbocycles. The van der Waals surface area contributed by atoms with E-state index in [-0.39, 0.29) is 28.7 Å². The zero-order chi connectivity index (χ0) is 31.1. The fourth-order valence-electron chi connectivity index (χ4n) is 4.70. The third-order valence-corrected chi connectivity index (χ3v) is 9.24. The molecule has 3 heterocycles. The molecule has 0 radical (unpaired) electrons. The van der Waals surface area contributed by atoms with E-state index in [1.165, 1.54) is 18.4 Å². The Balaban J connectivity index is 1.44. The molecular weight excluding hydrogens is 698 g/mol. The van der Waals surface area contributed by atoms with Crippen LogP contribution in [-0.2, 0) is 18.6 Å². The van der Waals surface area contributed by atoms with Crippen LogP contribution in [0.25, 0.3) is 21.9 Å². The van der Waals surface area contributed by atoms with E-state index in [1.54, 1.807) is 31.2 Å². The number of carbonyl (C=O) groups is 1.